The Hall–Kier alpha value is -2.82. The molecule has 0 spiro atoms. The molecule has 0 unspecified atom stereocenters. The topological polar surface area (TPSA) is 60.2 Å². The number of aryl methyl sites for hydroxylation is 1. The van der Waals surface area contributed by atoms with Gasteiger partial charge in [0.25, 0.3) is 0 Å². The van der Waals surface area contributed by atoms with Gasteiger partial charge in [-0.05, 0) is 31.2 Å². The fraction of sp³-hybridized carbons (Fsp3) is 0.0667. The molecule has 5 nitrogen and oxygen atoms in total. The molecule has 0 aliphatic rings. The largest absolute Gasteiger partial charge is 0.504 e. The van der Waals surface area contributed by atoms with E-state index in [1.165, 1.54) is 0 Å². The minimum Gasteiger partial charge on any atom is -0.504 e. The van der Waals surface area contributed by atoms with E-state index in [4.69, 9.17) is 4.74 Å². The zero-order valence-electron chi connectivity index (χ0n) is 10.9. The van der Waals surface area contributed by atoms with Crippen LogP contribution >= 0.6 is 0 Å². The van der Waals surface area contributed by atoms with Gasteiger partial charge in [0, 0.05) is 6.07 Å². The number of benzene rings is 2. The normalized spacial score (nSPS) is 10.4. The van der Waals surface area contributed by atoms with Crippen LogP contribution in [0.5, 0.6) is 17.2 Å². The third kappa shape index (κ3) is 2.47. The molecule has 0 atom stereocenters. The summed E-state index contributed by atoms with van der Waals surface area (Å²) in [6, 6.07) is 14.3. The van der Waals surface area contributed by atoms with Crippen LogP contribution in [0, 0.1) is 6.92 Å². The Morgan fingerprint density at radius 1 is 1.10 bits per heavy atom. The van der Waals surface area contributed by atoms with Gasteiger partial charge in [0.15, 0.2) is 11.5 Å². The van der Waals surface area contributed by atoms with Gasteiger partial charge in [0.1, 0.15) is 5.75 Å². The number of aromatic hydroxyl groups is 1. The predicted molar refractivity (Wildman–Crippen MR) is 74.3 cm³/mol. The number of hydrogen-bond donors (Lipinski definition) is 1. The number of phenolic OH excluding ortho intramolecular Hbond substituents is 1. The molecule has 0 fully saturated rings. The van der Waals surface area contributed by atoms with E-state index in [1.807, 2.05) is 37.3 Å². The number of aromatic nitrogens is 3. The molecule has 0 bridgehead atoms. The van der Waals surface area contributed by atoms with E-state index >= 15 is 0 Å². The number of ether oxygens (including phenoxy) is 1. The van der Waals surface area contributed by atoms with Gasteiger partial charge in [-0.25, -0.2) is 4.68 Å². The minimum absolute atomic E-state index is 0.0782. The second-order valence-corrected chi connectivity index (χ2v) is 4.37. The van der Waals surface area contributed by atoms with E-state index in [9.17, 15) is 5.11 Å². The lowest BCUT2D eigenvalue weighted by molar-refractivity contribution is 0.411. The van der Waals surface area contributed by atoms with Crippen molar-refractivity contribution in [2.45, 2.75) is 6.92 Å². The zero-order valence-corrected chi connectivity index (χ0v) is 10.9. The summed E-state index contributed by atoms with van der Waals surface area (Å²) in [6.45, 7) is 1.87. The highest BCUT2D eigenvalue weighted by Crippen LogP contribution is 2.32. The molecular weight excluding hydrogens is 254 g/mol. The molecule has 2 aromatic carbocycles. The highest BCUT2D eigenvalue weighted by molar-refractivity contribution is 5.49. The fourth-order valence-corrected chi connectivity index (χ4v) is 1.82. The van der Waals surface area contributed by atoms with Gasteiger partial charge in [-0.2, -0.15) is 0 Å². The summed E-state index contributed by atoms with van der Waals surface area (Å²) in [5, 5.41) is 17.8. The summed E-state index contributed by atoms with van der Waals surface area (Å²) in [5.41, 5.74) is 1.60. The van der Waals surface area contributed by atoms with Crippen LogP contribution in [0.2, 0.25) is 0 Å². The summed E-state index contributed by atoms with van der Waals surface area (Å²) in [4.78, 5) is 0. The van der Waals surface area contributed by atoms with Crippen molar-refractivity contribution >= 4 is 0 Å². The average molecular weight is 267 g/mol. The maximum Gasteiger partial charge on any atom is 0.171 e. The summed E-state index contributed by atoms with van der Waals surface area (Å²) in [5.74, 6) is 1.12. The Balaban J connectivity index is 1.95. The van der Waals surface area contributed by atoms with E-state index < -0.39 is 0 Å². The van der Waals surface area contributed by atoms with Crippen LogP contribution in [0.1, 0.15) is 5.69 Å². The summed E-state index contributed by atoms with van der Waals surface area (Å²) >= 11 is 0. The molecule has 0 saturated carbocycles. The molecule has 100 valence electrons. The minimum atomic E-state index is 0.0782. The van der Waals surface area contributed by atoms with Crippen LogP contribution in [0.4, 0.5) is 0 Å². The fourth-order valence-electron chi connectivity index (χ4n) is 1.82. The predicted octanol–water partition coefficient (Wildman–Crippen LogP) is 3.07. The van der Waals surface area contributed by atoms with Gasteiger partial charge in [-0.3, -0.25) is 0 Å². The molecule has 3 rings (SSSR count). The number of hydrogen-bond acceptors (Lipinski definition) is 4. The van der Waals surface area contributed by atoms with E-state index in [0.717, 1.165) is 11.4 Å². The van der Waals surface area contributed by atoms with E-state index in [0.29, 0.717) is 11.5 Å². The van der Waals surface area contributed by atoms with Gasteiger partial charge in [-0.1, -0.05) is 23.4 Å². The van der Waals surface area contributed by atoms with Gasteiger partial charge in [0.2, 0.25) is 0 Å². The van der Waals surface area contributed by atoms with Crippen LogP contribution in [-0.2, 0) is 0 Å². The highest BCUT2D eigenvalue weighted by atomic mass is 16.5. The van der Waals surface area contributed by atoms with Crippen LogP contribution in [0.25, 0.3) is 5.69 Å². The lowest BCUT2D eigenvalue weighted by Crippen LogP contribution is -1.95. The van der Waals surface area contributed by atoms with Crippen molar-refractivity contribution < 1.29 is 9.84 Å². The standard InChI is InChI=1S/C15H13N3O2/c1-11-10-18(17-16-11)12-7-8-14(19)15(9-12)20-13-5-3-2-4-6-13/h2-10,19H,1H3. The maximum atomic E-state index is 9.88. The third-order valence-corrected chi connectivity index (χ3v) is 2.79. The first-order valence-corrected chi connectivity index (χ1v) is 6.17. The molecule has 1 N–H and O–H groups in total. The molecule has 1 heterocycles. The molecule has 0 aliphatic carbocycles. The van der Waals surface area contributed by atoms with Crippen molar-refractivity contribution in [3.63, 3.8) is 0 Å². The molecule has 0 aliphatic heterocycles. The van der Waals surface area contributed by atoms with Crippen molar-refractivity contribution in [3.8, 4) is 22.9 Å². The van der Waals surface area contributed by atoms with Gasteiger partial charge in [0.05, 0.1) is 17.6 Å². The van der Waals surface area contributed by atoms with Crippen molar-refractivity contribution in [2.75, 3.05) is 0 Å². The zero-order chi connectivity index (χ0) is 13.9. The Labute approximate surface area is 116 Å². The van der Waals surface area contributed by atoms with E-state index in [1.54, 1.807) is 29.1 Å². The summed E-state index contributed by atoms with van der Waals surface area (Å²) in [6.07, 6.45) is 1.80. The van der Waals surface area contributed by atoms with E-state index in [-0.39, 0.29) is 5.75 Å². The number of rotatable bonds is 3. The molecule has 5 heteroatoms. The Morgan fingerprint density at radius 3 is 2.60 bits per heavy atom. The first-order chi connectivity index (χ1) is 9.72. The van der Waals surface area contributed by atoms with Crippen LogP contribution in [0.3, 0.4) is 0 Å². The molecular formula is C15H13N3O2. The van der Waals surface area contributed by atoms with Crippen LogP contribution < -0.4 is 4.74 Å². The van der Waals surface area contributed by atoms with Gasteiger partial charge >= 0.3 is 0 Å². The Kier molecular flexibility index (Phi) is 3.09. The monoisotopic (exact) mass is 267 g/mol. The van der Waals surface area contributed by atoms with Crippen molar-refractivity contribution in [1.29, 1.82) is 0 Å². The first-order valence-electron chi connectivity index (χ1n) is 6.17. The third-order valence-electron chi connectivity index (χ3n) is 2.79. The van der Waals surface area contributed by atoms with Gasteiger partial charge < -0.3 is 9.84 Å². The molecule has 1 aromatic heterocycles. The van der Waals surface area contributed by atoms with Crippen LogP contribution in [-0.4, -0.2) is 20.1 Å². The highest BCUT2D eigenvalue weighted by Gasteiger charge is 2.07. The lowest BCUT2D eigenvalue weighted by Gasteiger charge is -2.09. The quantitative estimate of drug-likeness (QED) is 0.792. The average Bonchev–Trinajstić information content (AvgIpc) is 2.89. The molecule has 20 heavy (non-hydrogen) atoms. The van der Waals surface area contributed by atoms with Crippen LogP contribution in [0.15, 0.2) is 54.7 Å². The van der Waals surface area contributed by atoms with Crippen molar-refractivity contribution in [1.82, 2.24) is 15.0 Å². The van der Waals surface area contributed by atoms with Gasteiger partial charge in [-0.15, -0.1) is 5.10 Å². The first kappa shape index (κ1) is 12.2. The van der Waals surface area contributed by atoms with Crippen molar-refractivity contribution in [3.05, 3.63) is 60.4 Å². The second-order valence-electron chi connectivity index (χ2n) is 4.37. The summed E-state index contributed by atoms with van der Waals surface area (Å²) in [7, 11) is 0. The maximum absolute atomic E-state index is 9.88. The smallest absolute Gasteiger partial charge is 0.171 e. The molecule has 0 saturated heterocycles. The molecule has 0 amide bonds. The Bertz CT molecular complexity index is 723. The molecule has 3 aromatic rings. The molecule has 0 radical (unpaired) electrons. The Morgan fingerprint density at radius 2 is 1.90 bits per heavy atom. The van der Waals surface area contributed by atoms with Crippen molar-refractivity contribution in [2.24, 2.45) is 0 Å². The van der Waals surface area contributed by atoms with E-state index in [2.05, 4.69) is 10.3 Å². The summed E-state index contributed by atoms with van der Waals surface area (Å²) < 4.78 is 7.30. The number of phenols is 1. The second kappa shape index (κ2) is 5.05. The SMILES string of the molecule is Cc1cn(-c2ccc(O)c(Oc3ccccc3)c2)nn1. The number of para-hydroxylation sites is 1. The number of nitrogens with zero attached hydrogens (tertiary/aromatic N) is 3. The lowest BCUT2D eigenvalue weighted by atomic mass is 10.2.